The lowest BCUT2D eigenvalue weighted by molar-refractivity contribution is -0.134. The van der Waals surface area contributed by atoms with Crippen molar-refractivity contribution in [3.63, 3.8) is 0 Å². The molecule has 0 aliphatic rings. The van der Waals surface area contributed by atoms with Gasteiger partial charge >= 0.3 is 0 Å². The summed E-state index contributed by atoms with van der Waals surface area (Å²) in [4.78, 5) is 9.00. The van der Waals surface area contributed by atoms with Gasteiger partial charge in [-0.25, -0.2) is 0 Å². The van der Waals surface area contributed by atoms with Gasteiger partial charge in [-0.1, -0.05) is 50.8 Å². The molecular weight excluding hydrogens is 224 g/mol. The Hall–Kier alpha value is -1.05. The molecule has 0 aromatic rings. The van der Waals surface area contributed by atoms with Gasteiger partial charge < -0.3 is 5.11 Å². The zero-order valence-electron chi connectivity index (χ0n) is 12.2. The van der Waals surface area contributed by atoms with E-state index in [1.54, 1.807) is 0 Å². The van der Waals surface area contributed by atoms with Gasteiger partial charge in [0.25, 0.3) is 5.97 Å². The van der Waals surface area contributed by atoms with Crippen molar-refractivity contribution in [3.05, 3.63) is 24.8 Å². The molecule has 2 nitrogen and oxygen atoms in total. The summed E-state index contributed by atoms with van der Waals surface area (Å²) in [5.41, 5.74) is 0. The molecular formula is C16H30O2. The van der Waals surface area contributed by atoms with Gasteiger partial charge in [0, 0.05) is 6.92 Å². The van der Waals surface area contributed by atoms with Crippen LogP contribution in [0, 0.1) is 0 Å². The van der Waals surface area contributed by atoms with E-state index in [-0.39, 0.29) is 0 Å². The molecule has 0 spiro atoms. The van der Waals surface area contributed by atoms with Crippen LogP contribution in [0.3, 0.4) is 0 Å². The third kappa shape index (κ3) is 29.4. The number of carboxylic acid groups (broad SMARTS) is 1. The Bertz CT molecular complexity index is 203. The molecule has 106 valence electrons. The number of rotatable bonds is 10. The number of unbranched alkanes of at least 4 members (excludes halogenated alkanes) is 7. The summed E-state index contributed by atoms with van der Waals surface area (Å²) in [6.45, 7) is 7.00. The zero-order valence-corrected chi connectivity index (χ0v) is 12.2. The van der Waals surface area contributed by atoms with E-state index in [9.17, 15) is 0 Å². The number of hydrogen-bond acceptors (Lipinski definition) is 1. The van der Waals surface area contributed by atoms with Gasteiger partial charge in [0.2, 0.25) is 0 Å². The second kappa shape index (κ2) is 18.3. The van der Waals surface area contributed by atoms with Crippen LogP contribution < -0.4 is 0 Å². The van der Waals surface area contributed by atoms with E-state index < -0.39 is 5.97 Å². The van der Waals surface area contributed by atoms with E-state index >= 15 is 0 Å². The molecule has 0 bridgehead atoms. The van der Waals surface area contributed by atoms with E-state index in [4.69, 9.17) is 9.90 Å². The molecule has 0 aliphatic heterocycles. The average molecular weight is 254 g/mol. The SMILES string of the molecule is C=CCCCCCCCCC=CCC.CC(=O)O. The van der Waals surface area contributed by atoms with Crippen LogP contribution in [-0.4, -0.2) is 11.1 Å². The molecule has 0 rings (SSSR count). The lowest BCUT2D eigenvalue weighted by Gasteiger charge is -1.98. The molecule has 18 heavy (non-hydrogen) atoms. The van der Waals surface area contributed by atoms with E-state index in [1.165, 1.54) is 57.8 Å². The third-order valence-electron chi connectivity index (χ3n) is 2.43. The van der Waals surface area contributed by atoms with Gasteiger partial charge in [0.1, 0.15) is 0 Å². The molecule has 0 fully saturated rings. The molecule has 0 unspecified atom stereocenters. The molecule has 0 radical (unpaired) electrons. The number of carbonyl (C=O) groups is 1. The second-order valence-electron chi connectivity index (χ2n) is 4.39. The lowest BCUT2D eigenvalue weighted by atomic mass is 10.1. The van der Waals surface area contributed by atoms with Crippen LogP contribution in [0.1, 0.15) is 71.6 Å². The normalized spacial score (nSPS) is 9.89. The zero-order chi connectivity index (χ0) is 14.1. The summed E-state index contributed by atoms with van der Waals surface area (Å²) < 4.78 is 0. The first-order valence-electron chi connectivity index (χ1n) is 7.10. The van der Waals surface area contributed by atoms with Gasteiger partial charge in [-0.3, -0.25) is 4.79 Å². The Morgan fingerprint density at radius 1 is 1.00 bits per heavy atom. The summed E-state index contributed by atoms with van der Waals surface area (Å²) in [6.07, 6.45) is 18.6. The molecule has 0 aliphatic carbocycles. The minimum Gasteiger partial charge on any atom is -0.481 e. The first-order valence-corrected chi connectivity index (χ1v) is 7.10. The van der Waals surface area contributed by atoms with E-state index in [2.05, 4.69) is 25.7 Å². The van der Waals surface area contributed by atoms with Crippen LogP contribution in [0.2, 0.25) is 0 Å². The highest BCUT2D eigenvalue weighted by Crippen LogP contribution is 2.08. The Kier molecular flexibility index (Phi) is 19.6. The van der Waals surface area contributed by atoms with Crippen LogP contribution in [0.15, 0.2) is 24.8 Å². The highest BCUT2D eigenvalue weighted by Gasteiger charge is 1.89. The fraction of sp³-hybridized carbons (Fsp3) is 0.688. The van der Waals surface area contributed by atoms with Crippen molar-refractivity contribution >= 4 is 5.97 Å². The van der Waals surface area contributed by atoms with Crippen LogP contribution in [0.5, 0.6) is 0 Å². The maximum atomic E-state index is 9.00. The van der Waals surface area contributed by atoms with Crippen LogP contribution in [0.4, 0.5) is 0 Å². The molecule has 0 aromatic heterocycles. The van der Waals surface area contributed by atoms with Crippen molar-refractivity contribution < 1.29 is 9.90 Å². The number of hydrogen-bond donors (Lipinski definition) is 1. The molecule has 0 aromatic carbocycles. The first kappa shape index (κ1) is 19.3. The second-order valence-corrected chi connectivity index (χ2v) is 4.39. The van der Waals surface area contributed by atoms with Gasteiger partial charge in [0.05, 0.1) is 0 Å². The Labute approximate surface area is 113 Å². The molecule has 2 heteroatoms. The third-order valence-corrected chi connectivity index (χ3v) is 2.43. The minimum absolute atomic E-state index is 0.833. The Balaban J connectivity index is 0. The number of carboxylic acids is 1. The molecule has 0 amide bonds. The van der Waals surface area contributed by atoms with Crippen molar-refractivity contribution in [2.24, 2.45) is 0 Å². The summed E-state index contributed by atoms with van der Waals surface area (Å²) in [7, 11) is 0. The lowest BCUT2D eigenvalue weighted by Crippen LogP contribution is -1.79. The van der Waals surface area contributed by atoms with Gasteiger partial charge in [-0.2, -0.15) is 0 Å². The fourth-order valence-electron chi connectivity index (χ4n) is 1.54. The molecule has 0 saturated heterocycles. The molecule has 0 saturated carbocycles. The summed E-state index contributed by atoms with van der Waals surface area (Å²) in [6, 6.07) is 0. The highest BCUT2D eigenvalue weighted by atomic mass is 16.4. The highest BCUT2D eigenvalue weighted by molar-refractivity contribution is 5.62. The number of allylic oxidation sites excluding steroid dienone is 3. The van der Waals surface area contributed by atoms with Gasteiger partial charge in [-0.15, -0.1) is 6.58 Å². The van der Waals surface area contributed by atoms with Gasteiger partial charge in [0.15, 0.2) is 0 Å². The van der Waals surface area contributed by atoms with Crippen LogP contribution >= 0.6 is 0 Å². The largest absolute Gasteiger partial charge is 0.481 e. The van der Waals surface area contributed by atoms with Crippen LogP contribution in [0.25, 0.3) is 0 Å². The maximum absolute atomic E-state index is 9.00. The van der Waals surface area contributed by atoms with Crippen molar-refractivity contribution in [2.45, 2.75) is 71.6 Å². The Morgan fingerprint density at radius 3 is 1.89 bits per heavy atom. The monoisotopic (exact) mass is 254 g/mol. The maximum Gasteiger partial charge on any atom is 0.300 e. The van der Waals surface area contributed by atoms with E-state index in [0.717, 1.165) is 6.92 Å². The molecule has 0 atom stereocenters. The number of aliphatic carboxylic acids is 1. The average Bonchev–Trinajstić information content (AvgIpc) is 2.31. The Morgan fingerprint density at radius 2 is 1.44 bits per heavy atom. The van der Waals surface area contributed by atoms with Crippen molar-refractivity contribution in [2.75, 3.05) is 0 Å². The predicted molar refractivity (Wildman–Crippen MR) is 79.9 cm³/mol. The van der Waals surface area contributed by atoms with Crippen molar-refractivity contribution in [1.29, 1.82) is 0 Å². The van der Waals surface area contributed by atoms with Crippen molar-refractivity contribution in [3.8, 4) is 0 Å². The topological polar surface area (TPSA) is 37.3 Å². The minimum atomic E-state index is -0.833. The molecule has 0 heterocycles. The quantitative estimate of drug-likeness (QED) is 0.421. The van der Waals surface area contributed by atoms with Crippen molar-refractivity contribution in [1.82, 2.24) is 0 Å². The molecule has 1 N–H and O–H groups in total. The van der Waals surface area contributed by atoms with Gasteiger partial charge in [-0.05, 0) is 32.1 Å². The van der Waals surface area contributed by atoms with Crippen LogP contribution in [-0.2, 0) is 4.79 Å². The summed E-state index contributed by atoms with van der Waals surface area (Å²) in [5, 5.41) is 7.42. The summed E-state index contributed by atoms with van der Waals surface area (Å²) >= 11 is 0. The fourth-order valence-corrected chi connectivity index (χ4v) is 1.54. The van der Waals surface area contributed by atoms with E-state index in [1.807, 2.05) is 6.08 Å². The standard InChI is InChI=1S/C14H26.C2H4O2/c1-3-5-7-9-11-13-14-12-10-8-6-4-2;1-2(3)4/h3,6,8H,1,4-5,7,9-14H2,2H3;1H3,(H,3,4). The smallest absolute Gasteiger partial charge is 0.300 e. The first-order chi connectivity index (χ1) is 8.65. The predicted octanol–water partition coefficient (Wildman–Crippen LogP) is 5.35. The van der Waals surface area contributed by atoms with E-state index in [0.29, 0.717) is 0 Å². The summed E-state index contributed by atoms with van der Waals surface area (Å²) in [5.74, 6) is -0.833.